The molecule has 5 nitrogen and oxygen atoms in total. The first-order chi connectivity index (χ1) is 13.2. The molecule has 0 spiro atoms. The first kappa shape index (κ1) is 16.4. The lowest BCUT2D eigenvalue weighted by molar-refractivity contribution is 0.0606. The van der Waals surface area contributed by atoms with Gasteiger partial charge in [0.25, 0.3) is 5.91 Å². The van der Waals surface area contributed by atoms with Crippen LogP contribution in [0.25, 0.3) is 15.9 Å². The topological polar surface area (TPSA) is 50.5 Å². The number of nitrogens with zero attached hydrogens (tertiary/aromatic N) is 4. The van der Waals surface area contributed by atoms with Crippen molar-refractivity contribution in [3.8, 4) is 0 Å². The van der Waals surface area contributed by atoms with Gasteiger partial charge >= 0.3 is 0 Å². The Morgan fingerprint density at radius 1 is 1.19 bits per heavy atom. The molecule has 1 fully saturated rings. The fourth-order valence-corrected chi connectivity index (χ4v) is 4.91. The van der Waals surface area contributed by atoms with E-state index in [1.807, 2.05) is 58.9 Å². The highest BCUT2D eigenvalue weighted by Gasteiger charge is 2.32. The number of carbonyl (C=O) groups excluding carboxylic acids is 1. The second-order valence-electron chi connectivity index (χ2n) is 7.13. The third-order valence-electron chi connectivity index (χ3n) is 5.19. The summed E-state index contributed by atoms with van der Waals surface area (Å²) in [5, 5.41) is 1.03. The number of aromatic nitrogens is 3. The van der Waals surface area contributed by atoms with Crippen LogP contribution in [0.2, 0.25) is 0 Å². The van der Waals surface area contributed by atoms with Crippen molar-refractivity contribution in [2.45, 2.75) is 32.2 Å². The summed E-state index contributed by atoms with van der Waals surface area (Å²) in [6.07, 6.45) is 6.89. The zero-order valence-electron chi connectivity index (χ0n) is 15.1. The van der Waals surface area contributed by atoms with E-state index in [1.165, 1.54) is 4.70 Å². The van der Waals surface area contributed by atoms with E-state index in [1.54, 1.807) is 11.3 Å². The van der Waals surface area contributed by atoms with Crippen LogP contribution in [0, 0.1) is 6.92 Å². The number of pyridine rings is 1. The summed E-state index contributed by atoms with van der Waals surface area (Å²) in [5.41, 5.74) is 3.47. The van der Waals surface area contributed by atoms with Crippen molar-refractivity contribution in [1.82, 2.24) is 19.3 Å². The van der Waals surface area contributed by atoms with Crippen LogP contribution >= 0.6 is 11.3 Å². The highest BCUT2D eigenvalue weighted by Crippen LogP contribution is 2.36. The fraction of sp³-hybridized carbons (Fsp3) is 0.286. The van der Waals surface area contributed by atoms with Gasteiger partial charge in [0.2, 0.25) is 0 Å². The van der Waals surface area contributed by atoms with Crippen molar-refractivity contribution in [1.29, 1.82) is 0 Å². The summed E-state index contributed by atoms with van der Waals surface area (Å²) in [4.78, 5) is 24.6. The van der Waals surface area contributed by atoms with Crippen LogP contribution in [0.3, 0.4) is 0 Å². The zero-order valence-corrected chi connectivity index (χ0v) is 15.9. The number of fused-ring (bicyclic) bond motifs is 2. The van der Waals surface area contributed by atoms with Crippen LogP contribution in [-0.4, -0.2) is 31.7 Å². The van der Waals surface area contributed by atoms with Gasteiger partial charge in [0.05, 0.1) is 16.3 Å². The minimum absolute atomic E-state index is 0.000286. The van der Waals surface area contributed by atoms with Crippen LogP contribution in [-0.2, 0) is 0 Å². The van der Waals surface area contributed by atoms with E-state index in [2.05, 4.69) is 11.1 Å². The molecule has 1 aromatic carbocycles. The second-order valence-corrected chi connectivity index (χ2v) is 8.19. The van der Waals surface area contributed by atoms with Crippen LogP contribution in [0.4, 0.5) is 0 Å². The fourth-order valence-electron chi connectivity index (χ4n) is 3.80. The number of benzene rings is 1. The molecule has 0 radical (unpaired) electrons. The van der Waals surface area contributed by atoms with Crippen LogP contribution < -0.4 is 0 Å². The molecule has 1 aliphatic rings. The van der Waals surface area contributed by atoms with Crippen LogP contribution in [0.1, 0.15) is 46.4 Å². The van der Waals surface area contributed by atoms with E-state index < -0.39 is 0 Å². The molecule has 3 aromatic heterocycles. The molecule has 1 saturated heterocycles. The van der Waals surface area contributed by atoms with Gasteiger partial charge in [-0.1, -0.05) is 12.1 Å². The third-order valence-corrected chi connectivity index (χ3v) is 6.33. The molecule has 0 bridgehead atoms. The van der Waals surface area contributed by atoms with E-state index in [-0.39, 0.29) is 11.9 Å². The SMILES string of the molecule is Cc1ccn2cc(C(=O)N3CCCC[C@H]3c3nc4ccccc4s3)nc2c1. The molecule has 0 saturated carbocycles. The zero-order chi connectivity index (χ0) is 18.4. The Morgan fingerprint density at radius 2 is 2.07 bits per heavy atom. The van der Waals surface area contributed by atoms with Crippen molar-refractivity contribution < 1.29 is 4.79 Å². The number of hydrogen-bond donors (Lipinski definition) is 0. The van der Waals surface area contributed by atoms with Gasteiger partial charge < -0.3 is 9.30 Å². The molecule has 1 atom stereocenters. The highest BCUT2D eigenvalue weighted by molar-refractivity contribution is 7.18. The second kappa shape index (κ2) is 6.46. The average molecular weight is 376 g/mol. The average Bonchev–Trinajstić information content (AvgIpc) is 3.31. The van der Waals surface area contributed by atoms with Crippen molar-refractivity contribution in [3.05, 3.63) is 65.1 Å². The van der Waals surface area contributed by atoms with E-state index in [9.17, 15) is 4.79 Å². The van der Waals surface area contributed by atoms with Gasteiger partial charge in [-0.3, -0.25) is 4.79 Å². The minimum Gasteiger partial charge on any atom is -0.328 e. The molecule has 0 unspecified atom stereocenters. The number of piperidine rings is 1. The summed E-state index contributed by atoms with van der Waals surface area (Å²) in [6, 6.07) is 12.2. The number of carbonyl (C=O) groups is 1. The van der Waals surface area contributed by atoms with Gasteiger partial charge in [0, 0.05) is 18.9 Å². The lowest BCUT2D eigenvalue weighted by Crippen LogP contribution is -2.38. The van der Waals surface area contributed by atoms with Gasteiger partial charge in [-0.25, -0.2) is 9.97 Å². The molecule has 27 heavy (non-hydrogen) atoms. The van der Waals surface area contributed by atoms with Gasteiger partial charge in [-0.15, -0.1) is 11.3 Å². The van der Waals surface area contributed by atoms with Crippen molar-refractivity contribution in [3.63, 3.8) is 0 Å². The Labute approximate surface area is 161 Å². The number of imidazole rings is 1. The Morgan fingerprint density at radius 3 is 2.96 bits per heavy atom. The maximum absolute atomic E-state index is 13.3. The Hall–Kier alpha value is -2.73. The largest absolute Gasteiger partial charge is 0.328 e. The number of thiazole rings is 1. The normalized spacial score (nSPS) is 17.7. The first-order valence-electron chi connectivity index (χ1n) is 9.31. The lowest BCUT2D eigenvalue weighted by atomic mass is 10.0. The molecule has 4 heterocycles. The van der Waals surface area contributed by atoms with Gasteiger partial charge in [-0.2, -0.15) is 0 Å². The summed E-state index contributed by atoms with van der Waals surface area (Å²) >= 11 is 1.70. The summed E-state index contributed by atoms with van der Waals surface area (Å²) < 4.78 is 3.09. The van der Waals surface area contributed by atoms with Crippen LogP contribution in [0.15, 0.2) is 48.8 Å². The molecule has 5 rings (SSSR count). The molecule has 1 amide bonds. The molecule has 4 aromatic rings. The maximum atomic E-state index is 13.3. The number of amides is 1. The number of rotatable bonds is 2. The minimum atomic E-state index is 0.000286. The maximum Gasteiger partial charge on any atom is 0.274 e. The third kappa shape index (κ3) is 2.90. The molecular formula is C21H20N4OS. The number of para-hydroxylation sites is 1. The molecule has 1 aliphatic heterocycles. The smallest absolute Gasteiger partial charge is 0.274 e. The van der Waals surface area contributed by atoms with E-state index in [4.69, 9.17) is 4.98 Å². The van der Waals surface area contributed by atoms with Crippen LogP contribution in [0.5, 0.6) is 0 Å². The van der Waals surface area contributed by atoms with Gasteiger partial charge in [-0.05, 0) is 56.0 Å². The summed E-state index contributed by atoms with van der Waals surface area (Å²) in [5.74, 6) is 0.000286. The van der Waals surface area contributed by atoms with Crippen molar-refractivity contribution in [2.24, 2.45) is 0 Å². The summed E-state index contributed by atoms with van der Waals surface area (Å²) in [7, 11) is 0. The Kier molecular flexibility index (Phi) is 3.93. The number of likely N-dealkylation sites (tertiary alicyclic amines) is 1. The summed E-state index contributed by atoms with van der Waals surface area (Å²) in [6.45, 7) is 2.79. The molecule has 136 valence electrons. The molecular weight excluding hydrogens is 356 g/mol. The molecule has 6 heteroatoms. The van der Waals surface area contributed by atoms with Gasteiger partial charge in [0.15, 0.2) is 0 Å². The first-order valence-corrected chi connectivity index (χ1v) is 10.1. The van der Waals surface area contributed by atoms with Gasteiger partial charge in [0.1, 0.15) is 16.3 Å². The molecule has 0 N–H and O–H groups in total. The predicted molar refractivity (Wildman–Crippen MR) is 107 cm³/mol. The van der Waals surface area contributed by atoms with E-state index in [0.717, 1.165) is 47.5 Å². The quantitative estimate of drug-likeness (QED) is 0.513. The lowest BCUT2D eigenvalue weighted by Gasteiger charge is -2.34. The van der Waals surface area contributed by atoms with E-state index in [0.29, 0.717) is 5.69 Å². The number of hydrogen-bond acceptors (Lipinski definition) is 4. The Balaban J connectivity index is 1.51. The molecule has 0 aliphatic carbocycles. The van der Waals surface area contributed by atoms with Crippen molar-refractivity contribution in [2.75, 3.05) is 6.54 Å². The van der Waals surface area contributed by atoms with E-state index >= 15 is 0 Å². The Bertz CT molecular complexity index is 1110. The highest BCUT2D eigenvalue weighted by atomic mass is 32.1. The number of aryl methyl sites for hydroxylation is 1. The standard InChI is InChI=1S/C21H20N4OS/c1-14-9-11-24-13-16(22-19(24)12-14)21(26)25-10-5-4-7-17(25)20-23-15-6-2-3-8-18(15)27-20/h2-3,6,8-9,11-13,17H,4-5,7,10H2,1H3/t17-/m0/s1. The predicted octanol–water partition coefficient (Wildman–Crippen LogP) is 4.62. The monoisotopic (exact) mass is 376 g/mol. The van der Waals surface area contributed by atoms with Crippen molar-refractivity contribution >= 4 is 33.1 Å².